The van der Waals surface area contributed by atoms with Gasteiger partial charge in [0.1, 0.15) is 5.69 Å². The number of nitrogens with zero attached hydrogens (tertiary/aromatic N) is 1. The summed E-state index contributed by atoms with van der Waals surface area (Å²) in [6, 6.07) is 19.1. The topological polar surface area (TPSA) is 64.2 Å². The van der Waals surface area contributed by atoms with E-state index in [1.54, 1.807) is 7.05 Å². The number of rotatable bonds is 5. The quantitative estimate of drug-likeness (QED) is 0.785. The van der Waals surface area contributed by atoms with E-state index in [0.29, 0.717) is 18.7 Å². The number of aromatic nitrogens is 1. The Morgan fingerprint density at radius 2 is 1.67 bits per heavy atom. The monoisotopic (exact) mass is 322 g/mol. The molecule has 0 aliphatic carbocycles. The van der Waals surface area contributed by atoms with Crippen molar-refractivity contribution in [1.29, 1.82) is 0 Å². The lowest BCUT2D eigenvalue weighted by Gasteiger charge is -2.06. The minimum Gasteiger partial charge on any atom is -0.351 e. The SMILES string of the molecule is Cn1oc(=O)c(C(=O)NCCc2ccccc2)c1-c1ccccc1. The molecule has 122 valence electrons. The first-order valence-electron chi connectivity index (χ1n) is 7.74. The maximum Gasteiger partial charge on any atom is 0.370 e. The number of hydrogen-bond donors (Lipinski definition) is 1. The predicted molar refractivity (Wildman–Crippen MR) is 91.9 cm³/mol. The standard InChI is InChI=1S/C19H18N2O3/c1-21-17(15-10-6-3-7-11-15)16(19(23)24-21)18(22)20-13-12-14-8-4-2-5-9-14/h2-11H,12-13H2,1H3,(H,20,22). The van der Waals surface area contributed by atoms with Gasteiger partial charge in [0.25, 0.3) is 5.91 Å². The molecule has 0 saturated heterocycles. The van der Waals surface area contributed by atoms with Crippen LogP contribution in [0.5, 0.6) is 0 Å². The molecule has 2 aromatic carbocycles. The van der Waals surface area contributed by atoms with E-state index < -0.39 is 11.5 Å². The van der Waals surface area contributed by atoms with Gasteiger partial charge in [-0.05, 0) is 12.0 Å². The Balaban J connectivity index is 1.79. The number of hydrogen-bond acceptors (Lipinski definition) is 3. The van der Waals surface area contributed by atoms with Gasteiger partial charge in [-0.3, -0.25) is 4.79 Å². The molecule has 0 unspecified atom stereocenters. The van der Waals surface area contributed by atoms with Gasteiger partial charge in [0.05, 0.1) is 0 Å². The van der Waals surface area contributed by atoms with E-state index in [1.807, 2.05) is 60.7 Å². The van der Waals surface area contributed by atoms with Crippen LogP contribution in [0.15, 0.2) is 70.0 Å². The third-order valence-corrected chi connectivity index (χ3v) is 3.79. The molecule has 5 heteroatoms. The predicted octanol–water partition coefficient (Wildman–Crippen LogP) is 2.62. The molecule has 0 saturated carbocycles. The molecule has 1 aromatic heterocycles. The molecule has 0 radical (unpaired) electrons. The molecular formula is C19H18N2O3. The van der Waals surface area contributed by atoms with Gasteiger partial charge in [0.2, 0.25) is 0 Å². The highest BCUT2D eigenvalue weighted by molar-refractivity contribution is 5.99. The third kappa shape index (κ3) is 3.30. The second-order valence-corrected chi connectivity index (χ2v) is 5.46. The molecule has 0 spiro atoms. The lowest BCUT2D eigenvalue weighted by atomic mass is 10.1. The first-order valence-corrected chi connectivity index (χ1v) is 7.74. The molecule has 3 aromatic rings. The summed E-state index contributed by atoms with van der Waals surface area (Å²) in [6.45, 7) is 0.450. The van der Waals surface area contributed by atoms with E-state index in [9.17, 15) is 9.59 Å². The second-order valence-electron chi connectivity index (χ2n) is 5.46. The Hall–Kier alpha value is -3.08. The van der Waals surface area contributed by atoms with Gasteiger partial charge in [-0.1, -0.05) is 60.7 Å². The van der Waals surface area contributed by atoms with Gasteiger partial charge in [0, 0.05) is 19.2 Å². The van der Waals surface area contributed by atoms with Crippen LogP contribution in [0.3, 0.4) is 0 Å². The van der Waals surface area contributed by atoms with Crippen LogP contribution in [0, 0.1) is 0 Å². The lowest BCUT2D eigenvalue weighted by Crippen LogP contribution is -2.29. The zero-order chi connectivity index (χ0) is 16.9. The number of carbonyl (C=O) groups is 1. The van der Waals surface area contributed by atoms with Crippen molar-refractivity contribution in [2.75, 3.05) is 6.54 Å². The summed E-state index contributed by atoms with van der Waals surface area (Å²) in [5, 5.41) is 2.80. The van der Waals surface area contributed by atoms with Gasteiger partial charge < -0.3 is 9.84 Å². The van der Waals surface area contributed by atoms with Crippen molar-refractivity contribution < 1.29 is 9.32 Å². The minimum absolute atomic E-state index is 0.0387. The largest absolute Gasteiger partial charge is 0.370 e. The molecule has 0 aliphatic heterocycles. The molecule has 1 heterocycles. The van der Waals surface area contributed by atoms with E-state index in [2.05, 4.69) is 5.32 Å². The molecule has 3 rings (SSSR count). The Morgan fingerprint density at radius 3 is 2.33 bits per heavy atom. The van der Waals surface area contributed by atoms with Crippen molar-refractivity contribution in [3.05, 3.63) is 82.2 Å². The Labute approximate surface area is 139 Å². The maximum atomic E-state index is 12.5. The van der Waals surface area contributed by atoms with Gasteiger partial charge in [0.15, 0.2) is 5.56 Å². The van der Waals surface area contributed by atoms with Crippen LogP contribution in [-0.4, -0.2) is 17.2 Å². The van der Waals surface area contributed by atoms with Crippen molar-refractivity contribution in [2.45, 2.75) is 6.42 Å². The fourth-order valence-corrected chi connectivity index (χ4v) is 2.65. The highest BCUT2D eigenvalue weighted by Gasteiger charge is 2.23. The van der Waals surface area contributed by atoms with Crippen LogP contribution in [0.4, 0.5) is 0 Å². The van der Waals surface area contributed by atoms with Crippen LogP contribution in [0.1, 0.15) is 15.9 Å². The van der Waals surface area contributed by atoms with Crippen molar-refractivity contribution in [1.82, 2.24) is 10.1 Å². The smallest absolute Gasteiger partial charge is 0.351 e. The summed E-state index contributed by atoms with van der Waals surface area (Å²) < 4.78 is 6.42. The Kier molecular flexibility index (Phi) is 4.61. The second kappa shape index (κ2) is 7.00. The summed E-state index contributed by atoms with van der Waals surface area (Å²) >= 11 is 0. The van der Waals surface area contributed by atoms with Crippen LogP contribution in [0.25, 0.3) is 11.3 Å². The Bertz CT molecular complexity index is 880. The van der Waals surface area contributed by atoms with Gasteiger partial charge >= 0.3 is 5.63 Å². The molecule has 0 fully saturated rings. The molecular weight excluding hydrogens is 304 g/mol. The molecule has 0 atom stereocenters. The van der Waals surface area contributed by atoms with Crippen LogP contribution in [-0.2, 0) is 13.5 Å². The summed E-state index contributed by atoms with van der Waals surface area (Å²) in [5.41, 5.74) is 1.78. The first kappa shape index (κ1) is 15.8. The van der Waals surface area contributed by atoms with E-state index in [0.717, 1.165) is 11.1 Å². The zero-order valence-electron chi connectivity index (χ0n) is 13.4. The fraction of sp³-hybridized carbons (Fsp3) is 0.158. The summed E-state index contributed by atoms with van der Waals surface area (Å²) in [4.78, 5) is 24.5. The van der Waals surface area contributed by atoms with Gasteiger partial charge in [-0.15, -0.1) is 0 Å². The number of carbonyl (C=O) groups excluding carboxylic acids is 1. The molecule has 24 heavy (non-hydrogen) atoms. The maximum absolute atomic E-state index is 12.5. The highest BCUT2D eigenvalue weighted by atomic mass is 16.5. The van der Waals surface area contributed by atoms with Crippen molar-refractivity contribution in [3.8, 4) is 11.3 Å². The van der Waals surface area contributed by atoms with E-state index in [1.165, 1.54) is 4.74 Å². The average molecular weight is 322 g/mol. The van der Waals surface area contributed by atoms with Gasteiger partial charge in [-0.2, -0.15) is 0 Å². The average Bonchev–Trinajstić information content (AvgIpc) is 2.90. The lowest BCUT2D eigenvalue weighted by molar-refractivity contribution is 0.0952. The summed E-state index contributed by atoms with van der Waals surface area (Å²) in [5.74, 6) is -0.417. The molecule has 0 bridgehead atoms. The molecule has 5 nitrogen and oxygen atoms in total. The Morgan fingerprint density at radius 1 is 1.04 bits per heavy atom. The fourth-order valence-electron chi connectivity index (χ4n) is 2.65. The summed E-state index contributed by atoms with van der Waals surface area (Å²) in [7, 11) is 1.62. The van der Waals surface area contributed by atoms with E-state index in [-0.39, 0.29) is 5.56 Å². The normalized spacial score (nSPS) is 10.5. The number of aryl methyl sites for hydroxylation is 1. The van der Waals surface area contributed by atoms with Gasteiger partial charge in [-0.25, -0.2) is 9.53 Å². The van der Waals surface area contributed by atoms with Crippen LogP contribution in [0.2, 0.25) is 0 Å². The van der Waals surface area contributed by atoms with E-state index >= 15 is 0 Å². The summed E-state index contributed by atoms with van der Waals surface area (Å²) in [6.07, 6.45) is 0.700. The number of nitrogens with one attached hydrogen (secondary N) is 1. The number of amides is 1. The van der Waals surface area contributed by atoms with Crippen molar-refractivity contribution in [3.63, 3.8) is 0 Å². The highest BCUT2D eigenvalue weighted by Crippen LogP contribution is 2.21. The van der Waals surface area contributed by atoms with Crippen molar-refractivity contribution >= 4 is 5.91 Å². The molecule has 1 amide bonds. The first-order chi connectivity index (χ1) is 11.7. The van der Waals surface area contributed by atoms with E-state index in [4.69, 9.17) is 4.52 Å². The van der Waals surface area contributed by atoms with Crippen molar-refractivity contribution in [2.24, 2.45) is 7.05 Å². The van der Waals surface area contributed by atoms with Crippen LogP contribution >= 0.6 is 0 Å². The molecule has 0 aliphatic rings. The molecule has 1 N–H and O–H groups in total. The third-order valence-electron chi connectivity index (χ3n) is 3.79. The number of benzene rings is 2. The van der Waals surface area contributed by atoms with Crippen LogP contribution < -0.4 is 10.9 Å². The zero-order valence-corrected chi connectivity index (χ0v) is 13.4. The minimum atomic E-state index is -0.631.